The Hall–Kier alpha value is -1.46. The van der Waals surface area contributed by atoms with Gasteiger partial charge in [-0.15, -0.1) is 0 Å². The van der Waals surface area contributed by atoms with Crippen molar-refractivity contribution in [1.82, 2.24) is 20.6 Å². The highest BCUT2D eigenvalue weighted by Gasteiger charge is 2.23. The van der Waals surface area contributed by atoms with Crippen molar-refractivity contribution in [2.75, 3.05) is 14.2 Å². The Morgan fingerprint density at radius 3 is 2.58 bits per heavy atom. The first kappa shape index (κ1) is 20.8. The van der Waals surface area contributed by atoms with Crippen LogP contribution in [0.25, 0.3) is 0 Å². The van der Waals surface area contributed by atoms with Gasteiger partial charge in [0.2, 0.25) is 0 Å². The van der Waals surface area contributed by atoms with Crippen LogP contribution in [0.1, 0.15) is 36.0 Å². The molecule has 0 aliphatic heterocycles. The monoisotopic (exact) mass is 420 g/mol. The van der Waals surface area contributed by atoms with Crippen LogP contribution in [0.5, 0.6) is 0 Å². The lowest BCUT2D eigenvalue weighted by Gasteiger charge is -2.17. The van der Waals surface area contributed by atoms with Gasteiger partial charge in [-0.2, -0.15) is 0 Å². The summed E-state index contributed by atoms with van der Waals surface area (Å²) < 4.78 is 25.3. The van der Waals surface area contributed by atoms with Gasteiger partial charge in [0.15, 0.2) is 5.11 Å². The molecule has 1 amide bonds. The molecule has 0 aromatic heterocycles. The maximum atomic E-state index is 12.3. The highest BCUT2D eigenvalue weighted by atomic mass is 35.5. The number of nitrogens with one attached hydrogen (secondary N) is 3. The quantitative estimate of drug-likeness (QED) is 0.491. The van der Waals surface area contributed by atoms with Gasteiger partial charge in [-0.1, -0.05) is 28.9 Å². The lowest BCUT2D eigenvalue weighted by atomic mass is 10.2. The fourth-order valence-electron chi connectivity index (χ4n) is 2.56. The molecule has 26 heavy (non-hydrogen) atoms. The molecule has 0 spiro atoms. The van der Waals surface area contributed by atoms with Crippen LogP contribution in [0.2, 0.25) is 5.02 Å². The van der Waals surface area contributed by atoms with Gasteiger partial charge in [0, 0.05) is 13.1 Å². The van der Waals surface area contributed by atoms with E-state index in [1.54, 1.807) is 0 Å². The Kier molecular flexibility index (Phi) is 7.18. The van der Waals surface area contributed by atoms with E-state index < -0.39 is 15.9 Å². The zero-order chi connectivity index (χ0) is 19.3. The first-order valence-electron chi connectivity index (χ1n) is 7.95. The van der Waals surface area contributed by atoms with Crippen LogP contribution in [-0.4, -0.2) is 44.1 Å². The average Bonchev–Trinajstić information content (AvgIpc) is 3.11. The van der Waals surface area contributed by atoms with Crippen molar-refractivity contribution in [3.63, 3.8) is 0 Å². The van der Waals surface area contributed by atoms with Crippen molar-refractivity contribution >= 4 is 44.9 Å². The van der Waals surface area contributed by atoms with Gasteiger partial charge in [-0.3, -0.25) is 20.5 Å². The molecule has 1 aliphatic carbocycles. The topological polar surface area (TPSA) is 99.8 Å². The van der Waals surface area contributed by atoms with Crippen molar-refractivity contribution < 1.29 is 18.0 Å². The van der Waals surface area contributed by atoms with Crippen LogP contribution >= 0.6 is 23.8 Å². The predicted octanol–water partition coefficient (Wildman–Crippen LogP) is 1.57. The number of benzene rings is 1. The van der Waals surface area contributed by atoms with Gasteiger partial charge in [-0.05, 0) is 43.3 Å². The van der Waals surface area contributed by atoms with E-state index in [4.69, 9.17) is 28.7 Å². The second-order valence-corrected chi connectivity index (χ2v) is 8.52. The zero-order valence-corrected chi connectivity index (χ0v) is 16.8. The Bertz CT molecular complexity index is 782. The molecule has 3 N–H and O–H groups in total. The minimum atomic E-state index is -3.89. The third kappa shape index (κ3) is 5.04. The number of hydrogen-bond acceptors (Lipinski definition) is 5. The Morgan fingerprint density at radius 2 is 1.96 bits per heavy atom. The molecule has 1 fully saturated rings. The number of carbonyl (C=O) groups is 1. The Balaban J connectivity index is 2.06. The second-order valence-electron chi connectivity index (χ2n) is 5.77. The molecule has 1 aliphatic rings. The average molecular weight is 421 g/mol. The number of hydrazine groups is 1. The summed E-state index contributed by atoms with van der Waals surface area (Å²) in [6.45, 7) is 0. The molecule has 1 aromatic rings. The molecule has 0 atom stereocenters. The predicted molar refractivity (Wildman–Crippen MR) is 102 cm³/mol. The van der Waals surface area contributed by atoms with E-state index in [1.165, 1.54) is 32.4 Å². The molecule has 8 nitrogen and oxygen atoms in total. The fraction of sp³-hybridized carbons (Fsp3) is 0.467. The summed E-state index contributed by atoms with van der Waals surface area (Å²) in [5.41, 5.74) is 5.02. The van der Waals surface area contributed by atoms with Crippen molar-refractivity contribution in [3.05, 3.63) is 28.8 Å². The van der Waals surface area contributed by atoms with Gasteiger partial charge < -0.3 is 5.32 Å². The van der Waals surface area contributed by atoms with Crippen molar-refractivity contribution in [2.45, 2.75) is 36.6 Å². The normalized spacial score (nSPS) is 15.1. The number of rotatable bonds is 5. The van der Waals surface area contributed by atoms with Gasteiger partial charge in [-0.25, -0.2) is 8.42 Å². The minimum absolute atomic E-state index is 0.00610. The summed E-state index contributed by atoms with van der Waals surface area (Å²) in [6, 6.07) is 4.11. The third-order valence-corrected chi connectivity index (χ3v) is 6.28. The van der Waals surface area contributed by atoms with E-state index in [0.717, 1.165) is 25.7 Å². The maximum Gasteiger partial charge on any atom is 0.271 e. The summed E-state index contributed by atoms with van der Waals surface area (Å²) in [6.07, 6.45) is 4.38. The van der Waals surface area contributed by atoms with Crippen LogP contribution < -0.4 is 16.2 Å². The lowest BCUT2D eigenvalue weighted by Crippen LogP contribution is -2.49. The smallest absolute Gasteiger partial charge is 0.271 e. The zero-order valence-electron chi connectivity index (χ0n) is 14.4. The van der Waals surface area contributed by atoms with E-state index in [0.29, 0.717) is 15.6 Å². The summed E-state index contributed by atoms with van der Waals surface area (Å²) in [7, 11) is -1.42. The molecule has 0 bridgehead atoms. The minimum Gasteiger partial charge on any atom is -0.359 e. The van der Waals surface area contributed by atoms with E-state index in [2.05, 4.69) is 16.2 Å². The molecule has 2 rings (SSSR count). The van der Waals surface area contributed by atoms with Crippen LogP contribution in [0.15, 0.2) is 23.1 Å². The molecular weight excluding hydrogens is 400 g/mol. The van der Waals surface area contributed by atoms with E-state index in [1.807, 2.05) is 0 Å². The molecule has 0 saturated heterocycles. The third-order valence-electron chi connectivity index (χ3n) is 4.06. The summed E-state index contributed by atoms with van der Waals surface area (Å²) in [4.78, 5) is 16.9. The van der Waals surface area contributed by atoms with Crippen LogP contribution in [-0.2, 0) is 14.9 Å². The largest absolute Gasteiger partial charge is 0.359 e. The number of carbonyl (C=O) groups excluding carboxylic acids is 1. The summed E-state index contributed by atoms with van der Waals surface area (Å²) in [5, 5.41) is 3.52. The van der Waals surface area contributed by atoms with Crippen LogP contribution in [0.3, 0.4) is 0 Å². The van der Waals surface area contributed by atoms with Crippen LogP contribution in [0, 0.1) is 0 Å². The molecule has 0 heterocycles. The summed E-state index contributed by atoms with van der Waals surface area (Å²) in [5.74, 6) is -0.609. The molecule has 0 radical (unpaired) electrons. The molecule has 1 saturated carbocycles. The molecule has 0 unspecified atom stereocenters. The van der Waals surface area contributed by atoms with E-state index >= 15 is 0 Å². The molecule has 144 valence electrons. The van der Waals surface area contributed by atoms with Gasteiger partial charge >= 0.3 is 0 Å². The van der Waals surface area contributed by atoms with Gasteiger partial charge in [0.1, 0.15) is 0 Å². The van der Waals surface area contributed by atoms with E-state index in [9.17, 15) is 13.2 Å². The summed E-state index contributed by atoms with van der Waals surface area (Å²) >= 11 is 11.2. The number of halogens is 1. The first-order valence-corrected chi connectivity index (χ1v) is 10.2. The number of sulfonamides is 1. The van der Waals surface area contributed by atoms with Crippen molar-refractivity contribution in [3.8, 4) is 0 Å². The number of hydrogen-bond donors (Lipinski definition) is 3. The molecular formula is C15H21ClN4O4S2. The highest BCUT2D eigenvalue weighted by molar-refractivity contribution is 7.89. The SMILES string of the molecule is CON(C)S(=O)(=O)c1ccc(Cl)c(C(=O)NNC(=S)NC2CCCC2)c1. The van der Waals surface area contributed by atoms with E-state index in [-0.39, 0.29) is 15.5 Å². The number of nitrogens with zero attached hydrogens (tertiary/aromatic N) is 1. The first-order chi connectivity index (χ1) is 12.3. The van der Waals surface area contributed by atoms with Crippen molar-refractivity contribution in [1.29, 1.82) is 0 Å². The van der Waals surface area contributed by atoms with Gasteiger partial charge in [0.25, 0.3) is 15.9 Å². The lowest BCUT2D eigenvalue weighted by molar-refractivity contribution is -0.0258. The number of thiocarbonyl (C=S) groups is 1. The Labute approximate surface area is 163 Å². The highest BCUT2D eigenvalue weighted by Crippen LogP contribution is 2.22. The number of amides is 1. The Morgan fingerprint density at radius 1 is 1.31 bits per heavy atom. The van der Waals surface area contributed by atoms with Gasteiger partial charge in [0.05, 0.1) is 22.6 Å². The standard InChI is InChI=1S/C15H21ClN4O4S2/c1-20(24-2)26(22,23)11-7-8-13(16)12(9-11)14(21)18-19-15(25)17-10-5-3-4-6-10/h7-10H,3-6H2,1-2H3,(H,18,21)(H2,17,19,25). The number of hydroxylamine groups is 1. The maximum absolute atomic E-state index is 12.3. The van der Waals surface area contributed by atoms with Crippen LogP contribution in [0.4, 0.5) is 0 Å². The molecule has 1 aromatic carbocycles. The fourth-order valence-corrected chi connectivity index (χ4v) is 3.98. The molecule has 11 heteroatoms. The second kappa shape index (κ2) is 8.96. The van der Waals surface area contributed by atoms with Crippen molar-refractivity contribution in [2.24, 2.45) is 0 Å².